The Morgan fingerprint density at radius 1 is 1.29 bits per heavy atom. The minimum Gasteiger partial charge on any atom is -0.379 e. The number of morpholine rings is 1. The maximum absolute atomic E-state index is 11.9. The molecule has 2 rings (SSSR count). The molecule has 0 atom stereocenters. The van der Waals surface area contributed by atoms with Gasteiger partial charge in [-0.1, -0.05) is 6.07 Å². The number of nitrogens with one attached hydrogen (secondary N) is 2. The summed E-state index contributed by atoms with van der Waals surface area (Å²) in [4.78, 5) is 36.2. The van der Waals surface area contributed by atoms with Crippen LogP contribution in [-0.2, 0) is 14.3 Å². The average molecular weight is 336 g/mol. The highest BCUT2D eigenvalue weighted by molar-refractivity contribution is 6.39. The van der Waals surface area contributed by atoms with Crippen LogP contribution in [-0.4, -0.2) is 61.0 Å². The fourth-order valence-electron chi connectivity index (χ4n) is 2.31. The first kappa shape index (κ1) is 17.8. The summed E-state index contributed by atoms with van der Waals surface area (Å²) in [6, 6.07) is 4.37. The van der Waals surface area contributed by atoms with E-state index in [0.717, 1.165) is 13.1 Å². The summed E-state index contributed by atoms with van der Waals surface area (Å²) in [7, 11) is 0. The van der Waals surface area contributed by atoms with E-state index in [2.05, 4.69) is 15.5 Å². The van der Waals surface area contributed by atoms with Gasteiger partial charge in [0.05, 0.1) is 18.1 Å². The van der Waals surface area contributed by atoms with Crippen LogP contribution in [0.5, 0.6) is 0 Å². The molecule has 0 spiro atoms. The number of anilines is 1. The summed E-state index contributed by atoms with van der Waals surface area (Å²) in [6.45, 7) is 5.54. The normalized spacial score (nSPS) is 14.9. The number of hydrogen-bond donors (Lipinski definition) is 2. The molecule has 0 aliphatic carbocycles. The summed E-state index contributed by atoms with van der Waals surface area (Å²) in [5.41, 5.74) is 0.443. The van der Waals surface area contributed by atoms with E-state index in [-0.39, 0.29) is 11.4 Å². The van der Waals surface area contributed by atoms with Crippen LogP contribution >= 0.6 is 0 Å². The van der Waals surface area contributed by atoms with Gasteiger partial charge in [0.1, 0.15) is 5.69 Å². The zero-order chi connectivity index (χ0) is 17.5. The van der Waals surface area contributed by atoms with Gasteiger partial charge in [0.15, 0.2) is 0 Å². The average Bonchev–Trinajstić information content (AvgIpc) is 2.57. The van der Waals surface area contributed by atoms with Gasteiger partial charge in [-0.3, -0.25) is 24.6 Å². The molecule has 1 aliphatic rings. The highest BCUT2D eigenvalue weighted by Gasteiger charge is 2.20. The summed E-state index contributed by atoms with van der Waals surface area (Å²) in [5.74, 6) is -1.75. The highest BCUT2D eigenvalue weighted by atomic mass is 16.6. The zero-order valence-corrected chi connectivity index (χ0v) is 13.4. The Morgan fingerprint density at radius 3 is 2.67 bits per heavy atom. The first-order chi connectivity index (χ1) is 11.5. The minimum atomic E-state index is -0.927. The molecule has 1 aromatic carbocycles. The molecule has 0 saturated carbocycles. The fourth-order valence-corrected chi connectivity index (χ4v) is 2.31. The van der Waals surface area contributed by atoms with Gasteiger partial charge < -0.3 is 15.4 Å². The van der Waals surface area contributed by atoms with E-state index in [1.165, 1.54) is 12.1 Å². The van der Waals surface area contributed by atoms with E-state index in [0.29, 0.717) is 31.9 Å². The van der Waals surface area contributed by atoms with Gasteiger partial charge in [-0.05, 0) is 18.6 Å². The SMILES string of the molecule is Cc1ccc(NC(=O)C(=O)NCCN2CCOCC2)c([N+](=O)[O-])c1. The van der Waals surface area contributed by atoms with Crippen LogP contribution in [0.15, 0.2) is 18.2 Å². The number of nitro groups is 1. The molecule has 2 amide bonds. The molecule has 9 heteroatoms. The first-order valence-electron chi connectivity index (χ1n) is 7.61. The van der Waals surface area contributed by atoms with Crippen LogP contribution < -0.4 is 10.6 Å². The number of ether oxygens (including phenoxy) is 1. The van der Waals surface area contributed by atoms with Crippen molar-refractivity contribution >= 4 is 23.2 Å². The third-order valence-corrected chi connectivity index (χ3v) is 3.62. The number of nitrogens with zero attached hydrogens (tertiary/aromatic N) is 2. The van der Waals surface area contributed by atoms with Gasteiger partial charge in [-0.15, -0.1) is 0 Å². The lowest BCUT2D eigenvalue weighted by Crippen LogP contribution is -2.43. The van der Waals surface area contributed by atoms with Crippen LogP contribution in [0.4, 0.5) is 11.4 Å². The number of benzene rings is 1. The third kappa shape index (κ3) is 5.00. The lowest BCUT2D eigenvalue weighted by Gasteiger charge is -2.26. The molecule has 2 N–H and O–H groups in total. The van der Waals surface area contributed by atoms with Gasteiger partial charge >= 0.3 is 11.8 Å². The maximum Gasteiger partial charge on any atom is 0.313 e. The molecule has 0 unspecified atom stereocenters. The lowest BCUT2D eigenvalue weighted by atomic mass is 10.2. The molecule has 24 heavy (non-hydrogen) atoms. The molecule has 9 nitrogen and oxygen atoms in total. The van der Waals surface area contributed by atoms with Crippen molar-refractivity contribution in [3.05, 3.63) is 33.9 Å². The van der Waals surface area contributed by atoms with Crippen molar-refractivity contribution in [2.24, 2.45) is 0 Å². The Morgan fingerprint density at radius 2 is 2.00 bits per heavy atom. The van der Waals surface area contributed by atoms with E-state index in [1.807, 2.05) is 0 Å². The van der Waals surface area contributed by atoms with Crippen LogP contribution in [0.2, 0.25) is 0 Å². The van der Waals surface area contributed by atoms with Crippen LogP contribution in [0.1, 0.15) is 5.56 Å². The maximum atomic E-state index is 11.9. The molecule has 1 fully saturated rings. The van der Waals surface area contributed by atoms with E-state index >= 15 is 0 Å². The molecule has 0 radical (unpaired) electrons. The Kier molecular flexibility index (Phi) is 6.21. The second-order valence-corrected chi connectivity index (χ2v) is 5.44. The number of rotatable bonds is 5. The summed E-state index contributed by atoms with van der Waals surface area (Å²) in [6.07, 6.45) is 0. The fraction of sp³-hybridized carbons (Fsp3) is 0.467. The summed E-state index contributed by atoms with van der Waals surface area (Å²) in [5, 5.41) is 15.8. The van der Waals surface area contributed by atoms with E-state index in [4.69, 9.17) is 4.74 Å². The second kappa shape index (κ2) is 8.37. The second-order valence-electron chi connectivity index (χ2n) is 5.44. The van der Waals surface area contributed by atoms with Crippen molar-refractivity contribution in [1.82, 2.24) is 10.2 Å². The van der Waals surface area contributed by atoms with Crippen molar-refractivity contribution < 1.29 is 19.2 Å². The van der Waals surface area contributed by atoms with Crippen molar-refractivity contribution in [1.29, 1.82) is 0 Å². The Balaban J connectivity index is 1.85. The monoisotopic (exact) mass is 336 g/mol. The van der Waals surface area contributed by atoms with Crippen LogP contribution in [0, 0.1) is 17.0 Å². The van der Waals surface area contributed by atoms with E-state index in [9.17, 15) is 19.7 Å². The zero-order valence-electron chi connectivity index (χ0n) is 13.4. The lowest BCUT2D eigenvalue weighted by molar-refractivity contribution is -0.384. The molecular formula is C15H20N4O5. The number of hydrogen-bond acceptors (Lipinski definition) is 6. The molecular weight excluding hydrogens is 316 g/mol. The number of nitro benzene ring substituents is 1. The van der Waals surface area contributed by atoms with Crippen LogP contribution in [0.3, 0.4) is 0 Å². The largest absolute Gasteiger partial charge is 0.379 e. The van der Waals surface area contributed by atoms with Gasteiger partial charge in [-0.25, -0.2) is 0 Å². The number of aryl methyl sites for hydroxylation is 1. The standard InChI is InChI=1S/C15H20N4O5/c1-11-2-3-12(13(10-11)19(22)23)17-15(21)14(20)16-4-5-18-6-8-24-9-7-18/h2-3,10H,4-9H2,1H3,(H,16,20)(H,17,21). The van der Waals surface area contributed by atoms with Crippen molar-refractivity contribution in [2.75, 3.05) is 44.7 Å². The molecule has 1 heterocycles. The van der Waals surface area contributed by atoms with Crippen molar-refractivity contribution in [2.45, 2.75) is 6.92 Å². The summed E-state index contributed by atoms with van der Waals surface area (Å²) < 4.78 is 5.22. The molecule has 0 aromatic heterocycles. The Bertz CT molecular complexity index is 628. The van der Waals surface area contributed by atoms with E-state index in [1.54, 1.807) is 13.0 Å². The number of amides is 2. The molecule has 1 saturated heterocycles. The predicted molar refractivity (Wildman–Crippen MR) is 86.7 cm³/mol. The number of carbonyl (C=O) groups excluding carboxylic acids is 2. The minimum absolute atomic E-state index is 0.000991. The smallest absolute Gasteiger partial charge is 0.313 e. The molecule has 0 bridgehead atoms. The van der Waals surface area contributed by atoms with Gasteiger partial charge in [-0.2, -0.15) is 0 Å². The predicted octanol–water partition coefficient (Wildman–Crippen LogP) is 0.290. The molecule has 1 aliphatic heterocycles. The quantitative estimate of drug-likeness (QED) is 0.454. The molecule has 1 aromatic rings. The molecule has 130 valence electrons. The summed E-state index contributed by atoms with van der Waals surface area (Å²) >= 11 is 0. The first-order valence-corrected chi connectivity index (χ1v) is 7.61. The van der Waals surface area contributed by atoms with Crippen molar-refractivity contribution in [3.63, 3.8) is 0 Å². The Labute approximate surface area is 139 Å². The third-order valence-electron chi connectivity index (χ3n) is 3.62. The topological polar surface area (TPSA) is 114 Å². The van der Waals surface area contributed by atoms with E-state index < -0.39 is 16.7 Å². The van der Waals surface area contributed by atoms with Gasteiger partial charge in [0.2, 0.25) is 0 Å². The van der Waals surface area contributed by atoms with Crippen molar-refractivity contribution in [3.8, 4) is 0 Å². The number of carbonyl (C=O) groups is 2. The van der Waals surface area contributed by atoms with Crippen LogP contribution in [0.25, 0.3) is 0 Å². The highest BCUT2D eigenvalue weighted by Crippen LogP contribution is 2.25. The Hall–Kier alpha value is -2.52. The van der Waals surface area contributed by atoms with Gasteiger partial charge in [0, 0.05) is 32.2 Å². The van der Waals surface area contributed by atoms with Gasteiger partial charge in [0.25, 0.3) is 5.69 Å².